The molecule has 0 aliphatic carbocycles. The third-order valence-electron chi connectivity index (χ3n) is 4.52. The predicted molar refractivity (Wildman–Crippen MR) is 117 cm³/mol. The number of rotatable bonds is 6. The van der Waals surface area contributed by atoms with E-state index in [1.807, 2.05) is 0 Å². The Morgan fingerprint density at radius 3 is 1.94 bits per heavy atom. The smallest absolute Gasteiger partial charge is 0.338 e. The molecule has 1 heterocycles. The van der Waals surface area contributed by atoms with E-state index in [0.29, 0.717) is 0 Å². The van der Waals surface area contributed by atoms with Gasteiger partial charge in [0.05, 0.1) is 16.7 Å². The van der Waals surface area contributed by atoms with Gasteiger partial charge in [0.15, 0.2) is 6.61 Å². The minimum atomic E-state index is -0.861. The molecule has 33 heavy (non-hydrogen) atoms. The molecule has 0 bridgehead atoms. The summed E-state index contributed by atoms with van der Waals surface area (Å²) < 4.78 is 5.02. The lowest BCUT2D eigenvalue weighted by Gasteiger charge is -2.11. The summed E-state index contributed by atoms with van der Waals surface area (Å²) in [4.78, 5) is 72.3. The van der Waals surface area contributed by atoms with E-state index in [0.717, 1.165) is 4.90 Å². The van der Waals surface area contributed by atoms with Crippen molar-refractivity contribution in [2.75, 3.05) is 29.6 Å². The molecule has 0 radical (unpaired) electrons. The van der Waals surface area contributed by atoms with E-state index in [9.17, 15) is 28.8 Å². The van der Waals surface area contributed by atoms with E-state index in [2.05, 4.69) is 16.0 Å². The molecule has 0 unspecified atom stereocenters. The molecule has 11 nitrogen and oxygen atoms in total. The van der Waals surface area contributed by atoms with Gasteiger partial charge in [0.2, 0.25) is 11.8 Å². The number of anilines is 3. The number of carbonyl (C=O) groups is 6. The van der Waals surface area contributed by atoms with E-state index in [-0.39, 0.29) is 45.6 Å². The van der Waals surface area contributed by atoms with Gasteiger partial charge in [-0.3, -0.25) is 28.9 Å². The second-order valence-corrected chi connectivity index (χ2v) is 7.22. The van der Waals surface area contributed by atoms with Crippen molar-refractivity contribution in [3.05, 3.63) is 53.1 Å². The van der Waals surface area contributed by atoms with Gasteiger partial charge in [-0.25, -0.2) is 4.79 Å². The third-order valence-corrected chi connectivity index (χ3v) is 4.52. The first-order chi connectivity index (χ1) is 15.5. The van der Waals surface area contributed by atoms with Gasteiger partial charge in [0, 0.05) is 38.0 Å². The van der Waals surface area contributed by atoms with Crippen molar-refractivity contribution in [1.82, 2.24) is 4.90 Å². The average Bonchev–Trinajstić information content (AvgIpc) is 2.94. The van der Waals surface area contributed by atoms with E-state index in [1.54, 1.807) is 0 Å². The van der Waals surface area contributed by atoms with Gasteiger partial charge in [-0.15, -0.1) is 0 Å². The minimum Gasteiger partial charge on any atom is -0.452 e. The number of nitrogens with zero attached hydrogens (tertiary/aromatic N) is 1. The van der Waals surface area contributed by atoms with Crippen LogP contribution in [0.4, 0.5) is 17.1 Å². The van der Waals surface area contributed by atoms with Crippen LogP contribution in [-0.2, 0) is 19.1 Å². The quantitative estimate of drug-likeness (QED) is 0.445. The number of imide groups is 1. The zero-order valence-electron chi connectivity index (χ0n) is 18.0. The Labute approximate surface area is 188 Å². The van der Waals surface area contributed by atoms with Crippen molar-refractivity contribution >= 4 is 52.6 Å². The molecule has 1 aliphatic heterocycles. The van der Waals surface area contributed by atoms with Crippen molar-refractivity contribution in [3.63, 3.8) is 0 Å². The van der Waals surface area contributed by atoms with Crippen molar-refractivity contribution in [1.29, 1.82) is 0 Å². The Balaban J connectivity index is 1.67. The summed E-state index contributed by atoms with van der Waals surface area (Å²) in [7, 11) is 1.36. The lowest BCUT2D eigenvalue weighted by molar-refractivity contribution is -0.119. The summed E-state index contributed by atoms with van der Waals surface area (Å²) in [5.41, 5.74) is 1.17. The second kappa shape index (κ2) is 9.30. The SMILES string of the molecule is CC(=O)Nc1cc(NC(C)=O)cc(C(=O)OCC(=O)Nc2ccc3c(c2)C(=O)N(C)C3=O)c1. The summed E-state index contributed by atoms with van der Waals surface area (Å²) >= 11 is 0. The summed E-state index contributed by atoms with van der Waals surface area (Å²) in [6, 6.07) is 8.40. The number of amides is 5. The Hall–Kier alpha value is -4.54. The van der Waals surface area contributed by atoms with Crippen LogP contribution in [0.15, 0.2) is 36.4 Å². The first-order valence-corrected chi connectivity index (χ1v) is 9.69. The third kappa shape index (κ3) is 5.39. The maximum Gasteiger partial charge on any atom is 0.338 e. The van der Waals surface area contributed by atoms with Gasteiger partial charge >= 0.3 is 5.97 Å². The van der Waals surface area contributed by atoms with Gasteiger partial charge in [0.1, 0.15) is 0 Å². The molecule has 3 rings (SSSR count). The Bertz CT molecular complexity index is 1170. The van der Waals surface area contributed by atoms with Crippen LogP contribution in [0, 0.1) is 0 Å². The highest BCUT2D eigenvalue weighted by Gasteiger charge is 2.32. The van der Waals surface area contributed by atoms with Gasteiger partial charge in [-0.05, 0) is 36.4 Å². The first kappa shape index (κ1) is 23.1. The molecule has 0 spiro atoms. The zero-order chi connectivity index (χ0) is 24.3. The van der Waals surface area contributed by atoms with Gasteiger partial charge in [-0.1, -0.05) is 0 Å². The maximum atomic E-state index is 12.4. The molecule has 11 heteroatoms. The number of ether oxygens (including phenoxy) is 1. The van der Waals surface area contributed by atoms with E-state index in [4.69, 9.17) is 4.74 Å². The molecular weight excluding hydrogens is 432 g/mol. The molecule has 3 N–H and O–H groups in total. The molecule has 1 aliphatic rings. The van der Waals surface area contributed by atoms with Crippen LogP contribution in [0.3, 0.4) is 0 Å². The second-order valence-electron chi connectivity index (χ2n) is 7.22. The van der Waals surface area contributed by atoms with Gasteiger partial charge in [0.25, 0.3) is 17.7 Å². The number of hydrogen-bond donors (Lipinski definition) is 3. The number of benzene rings is 2. The topological polar surface area (TPSA) is 151 Å². The lowest BCUT2D eigenvalue weighted by Crippen LogP contribution is -2.24. The highest BCUT2D eigenvalue weighted by Crippen LogP contribution is 2.25. The molecule has 170 valence electrons. The Morgan fingerprint density at radius 1 is 0.788 bits per heavy atom. The van der Waals surface area contributed by atoms with E-state index >= 15 is 0 Å². The summed E-state index contributed by atoms with van der Waals surface area (Å²) in [5, 5.41) is 7.51. The van der Waals surface area contributed by atoms with Gasteiger partial charge < -0.3 is 20.7 Å². The van der Waals surface area contributed by atoms with Crippen molar-refractivity contribution in [3.8, 4) is 0 Å². The van der Waals surface area contributed by atoms with E-state index < -0.39 is 30.3 Å². The molecular formula is C22H20N4O7. The highest BCUT2D eigenvalue weighted by atomic mass is 16.5. The van der Waals surface area contributed by atoms with Crippen LogP contribution in [0.25, 0.3) is 0 Å². The molecule has 0 fully saturated rings. The predicted octanol–water partition coefficient (Wildman–Crippen LogP) is 1.62. The fourth-order valence-corrected chi connectivity index (χ4v) is 3.15. The summed E-state index contributed by atoms with van der Waals surface area (Å²) in [6.45, 7) is 1.93. The van der Waals surface area contributed by atoms with Crippen LogP contribution >= 0.6 is 0 Å². The van der Waals surface area contributed by atoms with Crippen LogP contribution in [-0.4, -0.2) is 54.1 Å². The fourth-order valence-electron chi connectivity index (χ4n) is 3.15. The molecule has 5 amide bonds. The largest absolute Gasteiger partial charge is 0.452 e. The average molecular weight is 452 g/mol. The monoisotopic (exact) mass is 452 g/mol. The number of fused-ring (bicyclic) bond motifs is 1. The van der Waals surface area contributed by atoms with Crippen LogP contribution < -0.4 is 16.0 Å². The molecule has 0 aromatic heterocycles. The molecule has 0 saturated heterocycles. The Kier molecular flexibility index (Phi) is 6.52. The molecule has 0 saturated carbocycles. The minimum absolute atomic E-state index is 0.00229. The molecule has 2 aromatic carbocycles. The van der Waals surface area contributed by atoms with Crippen LogP contribution in [0.1, 0.15) is 44.9 Å². The van der Waals surface area contributed by atoms with Crippen LogP contribution in [0.5, 0.6) is 0 Å². The lowest BCUT2D eigenvalue weighted by atomic mass is 10.1. The summed E-state index contributed by atoms with van der Waals surface area (Å²) in [5.74, 6) is -3.20. The maximum absolute atomic E-state index is 12.4. The van der Waals surface area contributed by atoms with Crippen LogP contribution in [0.2, 0.25) is 0 Å². The fraction of sp³-hybridized carbons (Fsp3) is 0.182. The van der Waals surface area contributed by atoms with Crippen molar-refractivity contribution in [2.45, 2.75) is 13.8 Å². The Morgan fingerprint density at radius 2 is 1.36 bits per heavy atom. The van der Waals surface area contributed by atoms with Gasteiger partial charge in [-0.2, -0.15) is 0 Å². The number of esters is 1. The summed E-state index contributed by atoms with van der Waals surface area (Å²) in [6.07, 6.45) is 0. The van der Waals surface area contributed by atoms with Crippen molar-refractivity contribution in [2.24, 2.45) is 0 Å². The first-order valence-electron chi connectivity index (χ1n) is 9.69. The number of nitrogens with one attached hydrogen (secondary N) is 3. The normalized spacial score (nSPS) is 12.2. The number of carbonyl (C=O) groups excluding carboxylic acids is 6. The standard InChI is InChI=1S/C22H20N4O7/c1-11(27)23-15-6-13(7-16(8-15)24-12(2)28)22(32)33-10-19(29)25-14-4-5-17-18(9-14)21(31)26(3)20(17)30/h4-9H,10H2,1-3H3,(H,23,27)(H,24,28)(H,25,29). The highest BCUT2D eigenvalue weighted by molar-refractivity contribution is 6.21. The van der Waals surface area contributed by atoms with Crippen molar-refractivity contribution < 1.29 is 33.5 Å². The molecule has 0 atom stereocenters. The molecule has 2 aromatic rings. The zero-order valence-corrected chi connectivity index (χ0v) is 18.0. The van der Waals surface area contributed by atoms with E-state index in [1.165, 1.54) is 57.3 Å². The number of hydrogen-bond acceptors (Lipinski definition) is 7.